The second kappa shape index (κ2) is 9.32. The van der Waals surface area contributed by atoms with E-state index in [9.17, 15) is 4.79 Å². The largest absolute Gasteiger partial charge is 0.494 e. The molecule has 3 heterocycles. The SMILES string of the molecule is CSc1nc(-c2cccc(OCCCc3cccnc3)c2)c2c(N)c(C(N)=O)sc2n1. The molecule has 0 atom stereocenters. The Bertz CT molecular complexity index is 1230. The van der Waals surface area contributed by atoms with Crippen molar-refractivity contribution < 1.29 is 9.53 Å². The van der Waals surface area contributed by atoms with E-state index in [1.807, 2.05) is 42.8 Å². The Morgan fingerprint density at radius 2 is 2.10 bits per heavy atom. The number of carbonyl (C=O) groups excluding carboxylic acids is 1. The van der Waals surface area contributed by atoms with Crippen molar-refractivity contribution >= 4 is 44.9 Å². The maximum Gasteiger partial charge on any atom is 0.260 e. The molecular weight excluding hydrogens is 430 g/mol. The molecule has 7 nitrogen and oxygen atoms in total. The fourth-order valence-electron chi connectivity index (χ4n) is 3.23. The van der Waals surface area contributed by atoms with Gasteiger partial charge >= 0.3 is 0 Å². The lowest BCUT2D eigenvalue weighted by atomic mass is 10.1. The van der Waals surface area contributed by atoms with Crippen LogP contribution in [0, 0.1) is 0 Å². The number of hydrogen-bond acceptors (Lipinski definition) is 8. The van der Waals surface area contributed by atoms with Crippen LogP contribution in [-0.4, -0.2) is 33.7 Å². The average molecular weight is 452 g/mol. The molecule has 0 saturated heterocycles. The third kappa shape index (κ3) is 4.62. The van der Waals surface area contributed by atoms with Crippen molar-refractivity contribution in [3.63, 3.8) is 0 Å². The lowest BCUT2D eigenvalue weighted by Crippen LogP contribution is -2.10. The van der Waals surface area contributed by atoms with Gasteiger partial charge in [-0.1, -0.05) is 30.0 Å². The molecule has 0 aliphatic heterocycles. The van der Waals surface area contributed by atoms with Crippen molar-refractivity contribution in [3.05, 3.63) is 59.2 Å². The number of anilines is 1. The van der Waals surface area contributed by atoms with Crippen LogP contribution >= 0.6 is 23.1 Å². The van der Waals surface area contributed by atoms with Gasteiger partial charge in [-0.3, -0.25) is 9.78 Å². The fourth-order valence-corrected chi connectivity index (χ4v) is 4.60. The molecule has 0 radical (unpaired) electrons. The maximum absolute atomic E-state index is 11.8. The van der Waals surface area contributed by atoms with Crippen LogP contribution in [0.5, 0.6) is 5.75 Å². The molecule has 0 aliphatic rings. The first kappa shape index (κ1) is 21.1. The molecule has 31 heavy (non-hydrogen) atoms. The standard InChI is InChI=1S/C22H21N5O2S2/c1-30-22-26-18(16-17(23)19(20(24)28)31-21(16)27-22)14-7-2-8-15(11-14)29-10-4-6-13-5-3-9-25-12-13/h2-3,5,7-9,11-12H,4,6,10,23H2,1H3,(H2,24,28). The van der Waals surface area contributed by atoms with E-state index in [1.165, 1.54) is 28.7 Å². The molecule has 4 N–H and O–H groups in total. The number of pyridine rings is 1. The summed E-state index contributed by atoms with van der Waals surface area (Å²) in [5.41, 5.74) is 14.7. The smallest absolute Gasteiger partial charge is 0.260 e. The van der Waals surface area contributed by atoms with Gasteiger partial charge < -0.3 is 16.2 Å². The van der Waals surface area contributed by atoms with E-state index in [2.05, 4.69) is 21.0 Å². The number of aromatic nitrogens is 3. The lowest BCUT2D eigenvalue weighted by molar-refractivity contribution is 0.100. The number of nitrogens with two attached hydrogens (primary N) is 2. The highest BCUT2D eigenvalue weighted by atomic mass is 32.2. The molecule has 3 aromatic heterocycles. The number of thiophene rings is 1. The van der Waals surface area contributed by atoms with Crippen molar-refractivity contribution in [2.45, 2.75) is 18.0 Å². The summed E-state index contributed by atoms with van der Waals surface area (Å²) in [7, 11) is 0. The van der Waals surface area contributed by atoms with Crippen molar-refractivity contribution in [1.29, 1.82) is 0 Å². The van der Waals surface area contributed by atoms with E-state index >= 15 is 0 Å². The number of amides is 1. The zero-order chi connectivity index (χ0) is 21.8. The summed E-state index contributed by atoms with van der Waals surface area (Å²) in [6.07, 6.45) is 7.32. The van der Waals surface area contributed by atoms with Crippen LogP contribution in [0.4, 0.5) is 5.69 Å². The van der Waals surface area contributed by atoms with Gasteiger partial charge in [0.05, 0.1) is 23.4 Å². The first-order chi connectivity index (χ1) is 15.1. The van der Waals surface area contributed by atoms with E-state index in [-0.39, 0.29) is 0 Å². The van der Waals surface area contributed by atoms with Crippen molar-refractivity contribution in [1.82, 2.24) is 15.0 Å². The zero-order valence-corrected chi connectivity index (χ0v) is 18.5. The van der Waals surface area contributed by atoms with Gasteiger partial charge in [-0.15, -0.1) is 11.3 Å². The third-order valence-electron chi connectivity index (χ3n) is 4.68. The Morgan fingerprint density at radius 3 is 2.84 bits per heavy atom. The van der Waals surface area contributed by atoms with Crippen molar-refractivity contribution in [2.75, 3.05) is 18.6 Å². The number of aryl methyl sites for hydroxylation is 1. The van der Waals surface area contributed by atoms with Crippen LogP contribution in [0.3, 0.4) is 0 Å². The number of benzene rings is 1. The second-order valence-electron chi connectivity index (χ2n) is 6.79. The molecule has 0 unspecified atom stereocenters. The number of nitrogens with zero attached hydrogens (tertiary/aromatic N) is 3. The second-order valence-corrected chi connectivity index (χ2v) is 8.56. The van der Waals surface area contributed by atoms with Crippen molar-refractivity contribution in [2.24, 2.45) is 5.73 Å². The van der Waals surface area contributed by atoms with E-state index in [4.69, 9.17) is 16.2 Å². The molecule has 4 aromatic rings. The molecule has 0 saturated carbocycles. The minimum atomic E-state index is -0.567. The van der Waals surface area contributed by atoms with E-state index in [0.717, 1.165) is 24.2 Å². The van der Waals surface area contributed by atoms with Crippen LogP contribution in [0.25, 0.3) is 21.5 Å². The van der Waals surface area contributed by atoms with Gasteiger partial charge in [-0.2, -0.15) is 0 Å². The molecule has 1 amide bonds. The third-order valence-corrected chi connectivity index (χ3v) is 6.34. The van der Waals surface area contributed by atoms with Crippen molar-refractivity contribution in [3.8, 4) is 17.0 Å². The molecule has 0 bridgehead atoms. The highest BCUT2D eigenvalue weighted by Gasteiger charge is 2.21. The highest BCUT2D eigenvalue weighted by Crippen LogP contribution is 2.39. The maximum atomic E-state index is 11.8. The number of carbonyl (C=O) groups is 1. The quantitative estimate of drug-likeness (QED) is 0.235. The van der Waals surface area contributed by atoms with Gasteiger partial charge in [0.2, 0.25) is 0 Å². The number of fused-ring (bicyclic) bond motifs is 1. The Morgan fingerprint density at radius 1 is 1.23 bits per heavy atom. The molecule has 4 rings (SSSR count). The average Bonchev–Trinajstić information content (AvgIpc) is 3.13. The van der Waals surface area contributed by atoms with Crippen LogP contribution in [0.15, 0.2) is 53.9 Å². The van der Waals surface area contributed by atoms with Gasteiger partial charge in [-0.25, -0.2) is 9.97 Å². The minimum absolute atomic E-state index is 0.298. The number of primary amides is 1. The molecule has 0 fully saturated rings. The Hall–Kier alpha value is -3.17. The first-order valence-electron chi connectivity index (χ1n) is 9.62. The minimum Gasteiger partial charge on any atom is -0.494 e. The Kier molecular flexibility index (Phi) is 6.34. The van der Waals surface area contributed by atoms with Gasteiger partial charge in [0.15, 0.2) is 5.16 Å². The van der Waals surface area contributed by atoms with E-state index in [0.29, 0.717) is 38.2 Å². The predicted octanol–water partition coefficient (Wildman–Crippen LogP) is 4.17. The van der Waals surface area contributed by atoms with Crippen LogP contribution in [-0.2, 0) is 6.42 Å². The lowest BCUT2D eigenvalue weighted by Gasteiger charge is -2.10. The summed E-state index contributed by atoms with van der Waals surface area (Å²) in [5, 5.41) is 1.24. The predicted molar refractivity (Wildman–Crippen MR) is 126 cm³/mol. The molecule has 9 heteroatoms. The summed E-state index contributed by atoms with van der Waals surface area (Å²) >= 11 is 2.62. The fraction of sp³-hybridized carbons (Fsp3) is 0.182. The van der Waals surface area contributed by atoms with Gasteiger partial charge in [0.25, 0.3) is 5.91 Å². The van der Waals surface area contributed by atoms with Crippen LogP contribution < -0.4 is 16.2 Å². The van der Waals surface area contributed by atoms with Gasteiger partial charge in [0.1, 0.15) is 15.5 Å². The highest BCUT2D eigenvalue weighted by molar-refractivity contribution is 7.98. The Labute approximate surface area is 187 Å². The molecular formula is C22H21N5O2S2. The first-order valence-corrected chi connectivity index (χ1v) is 11.7. The van der Waals surface area contributed by atoms with Crippen LogP contribution in [0.1, 0.15) is 21.7 Å². The molecule has 1 aromatic carbocycles. The topological polar surface area (TPSA) is 117 Å². The number of rotatable bonds is 8. The summed E-state index contributed by atoms with van der Waals surface area (Å²) in [6.45, 7) is 0.583. The van der Waals surface area contributed by atoms with Gasteiger partial charge in [-0.05, 0) is 42.9 Å². The summed E-state index contributed by atoms with van der Waals surface area (Å²) in [6, 6.07) is 11.7. The number of thioether (sulfide) groups is 1. The monoisotopic (exact) mass is 451 g/mol. The Balaban J connectivity index is 1.60. The molecule has 0 spiro atoms. The summed E-state index contributed by atoms with van der Waals surface area (Å²) in [4.78, 5) is 26.0. The summed E-state index contributed by atoms with van der Waals surface area (Å²) in [5.74, 6) is 0.174. The number of nitrogen functional groups attached to an aromatic ring is 1. The van der Waals surface area contributed by atoms with Crippen LogP contribution in [0.2, 0.25) is 0 Å². The number of ether oxygens (including phenoxy) is 1. The zero-order valence-electron chi connectivity index (χ0n) is 16.9. The summed E-state index contributed by atoms with van der Waals surface area (Å²) < 4.78 is 5.96. The van der Waals surface area contributed by atoms with E-state index in [1.54, 1.807) is 6.20 Å². The van der Waals surface area contributed by atoms with E-state index < -0.39 is 5.91 Å². The number of hydrogen-bond donors (Lipinski definition) is 2. The normalized spacial score (nSPS) is 11.0. The van der Waals surface area contributed by atoms with Gasteiger partial charge in [0, 0.05) is 18.0 Å². The molecule has 0 aliphatic carbocycles. The molecule has 158 valence electrons.